The zero-order valence-electron chi connectivity index (χ0n) is 14.1. The largest absolute Gasteiger partial charge is 0.485 e. The number of hydrogen-bond acceptors (Lipinski definition) is 4. The van der Waals surface area contributed by atoms with E-state index in [0.717, 1.165) is 24.2 Å². The Bertz CT molecular complexity index is 698. The van der Waals surface area contributed by atoms with Crippen molar-refractivity contribution in [1.29, 1.82) is 0 Å². The number of nitrogens with zero attached hydrogens (tertiary/aromatic N) is 2. The Morgan fingerprint density at radius 3 is 2.88 bits per heavy atom. The molecule has 1 aliphatic rings. The van der Waals surface area contributed by atoms with Gasteiger partial charge in [-0.1, -0.05) is 25.5 Å². The average molecular weight is 329 g/mol. The van der Waals surface area contributed by atoms with Gasteiger partial charge in [0.05, 0.1) is 18.6 Å². The van der Waals surface area contributed by atoms with Gasteiger partial charge in [-0.3, -0.25) is 4.79 Å². The van der Waals surface area contributed by atoms with Crippen LogP contribution in [0.5, 0.6) is 11.5 Å². The van der Waals surface area contributed by atoms with Gasteiger partial charge in [0.15, 0.2) is 11.5 Å². The number of aromatic nitrogens is 2. The molecule has 1 amide bonds. The van der Waals surface area contributed by atoms with E-state index in [2.05, 4.69) is 16.9 Å². The summed E-state index contributed by atoms with van der Waals surface area (Å²) >= 11 is 0. The number of amides is 1. The van der Waals surface area contributed by atoms with E-state index in [4.69, 9.17) is 9.47 Å². The maximum absolute atomic E-state index is 12.9. The van der Waals surface area contributed by atoms with Gasteiger partial charge in [-0.15, -0.1) is 0 Å². The third kappa shape index (κ3) is 3.53. The van der Waals surface area contributed by atoms with Gasteiger partial charge in [0.1, 0.15) is 6.61 Å². The minimum atomic E-state index is -0.615. The highest BCUT2D eigenvalue weighted by Gasteiger charge is 2.31. The van der Waals surface area contributed by atoms with Crippen molar-refractivity contribution in [2.75, 3.05) is 13.2 Å². The second kappa shape index (κ2) is 7.38. The topological polar surface area (TPSA) is 67.5 Å². The van der Waals surface area contributed by atoms with Gasteiger partial charge in [-0.05, 0) is 25.5 Å². The van der Waals surface area contributed by atoms with Gasteiger partial charge in [0.2, 0.25) is 6.10 Å². The molecular formula is C18H23N3O3. The smallest absolute Gasteiger partial charge is 0.267 e. The summed E-state index contributed by atoms with van der Waals surface area (Å²) in [6, 6.07) is 7.43. The van der Waals surface area contributed by atoms with E-state index < -0.39 is 6.10 Å². The first kappa shape index (κ1) is 16.4. The van der Waals surface area contributed by atoms with E-state index >= 15 is 0 Å². The second-order valence-electron chi connectivity index (χ2n) is 5.95. The predicted octanol–water partition coefficient (Wildman–Crippen LogP) is 2.69. The fraction of sp³-hybridized carbons (Fsp3) is 0.444. The third-order valence-electron chi connectivity index (χ3n) is 4.15. The van der Waals surface area contributed by atoms with E-state index in [0.29, 0.717) is 24.6 Å². The van der Waals surface area contributed by atoms with Gasteiger partial charge in [0.25, 0.3) is 5.91 Å². The first-order valence-corrected chi connectivity index (χ1v) is 8.35. The number of benzene rings is 1. The molecule has 0 radical (unpaired) electrons. The fourth-order valence-electron chi connectivity index (χ4n) is 2.69. The van der Waals surface area contributed by atoms with Gasteiger partial charge in [-0.25, -0.2) is 4.98 Å². The Morgan fingerprint density at radius 1 is 1.38 bits per heavy atom. The van der Waals surface area contributed by atoms with Crippen molar-refractivity contribution >= 4 is 5.91 Å². The molecule has 0 bridgehead atoms. The van der Waals surface area contributed by atoms with Crippen LogP contribution >= 0.6 is 0 Å². The Morgan fingerprint density at radius 2 is 2.17 bits per heavy atom. The molecule has 1 aliphatic heterocycles. The molecule has 0 fully saturated rings. The van der Waals surface area contributed by atoms with Crippen LogP contribution in [-0.2, 0) is 11.3 Å². The number of carbonyl (C=O) groups is 1. The second-order valence-corrected chi connectivity index (χ2v) is 5.95. The lowest BCUT2D eigenvalue weighted by Crippen LogP contribution is -2.46. The van der Waals surface area contributed by atoms with Crippen LogP contribution in [0, 0.1) is 6.92 Å². The van der Waals surface area contributed by atoms with Crippen molar-refractivity contribution < 1.29 is 14.3 Å². The first-order chi connectivity index (χ1) is 11.7. The van der Waals surface area contributed by atoms with Gasteiger partial charge in [-0.2, -0.15) is 0 Å². The summed E-state index contributed by atoms with van der Waals surface area (Å²) in [5.74, 6) is 1.25. The highest BCUT2D eigenvalue weighted by molar-refractivity contribution is 5.82. The third-order valence-corrected chi connectivity index (χ3v) is 4.15. The molecule has 2 heterocycles. The Balaban J connectivity index is 1.72. The van der Waals surface area contributed by atoms with Crippen molar-refractivity contribution in [2.45, 2.75) is 39.3 Å². The monoisotopic (exact) mass is 329 g/mol. The van der Waals surface area contributed by atoms with Gasteiger partial charge >= 0.3 is 0 Å². The summed E-state index contributed by atoms with van der Waals surface area (Å²) < 4.78 is 11.5. The molecule has 24 heavy (non-hydrogen) atoms. The molecule has 1 atom stereocenters. The van der Waals surface area contributed by atoms with E-state index in [-0.39, 0.29) is 12.5 Å². The number of fused-ring (bicyclic) bond motifs is 1. The van der Waals surface area contributed by atoms with Crippen LogP contribution in [0.1, 0.15) is 31.2 Å². The van der Waals surface area contributed by atoms with Crippen molar-refractivity contribution in [3.8, 4) is 11.5 Å². The first-order valence-electron chi connectivity index (χ1n) is 8.35. The zero-order chi connectivity index (χ0) is 16.9. The van der Waals surface area contributed by atoms with Crippen molar-refractivity contribution in [3.05, 3.63) is 42.0 Å². The molecule has 0 unspecified atom stereocenters. The molecule has 128 valence electrons. The number of aromatic amines is 1. The number of carbonyl (C=O) groups excluding carboxylic acids is 1. The van der Waals surface area contributed by atoms with E-state index in [9.17, 15) is 4.79 Å². The summed E-state index contributed by atoms with van der Waals surface area (Å²) in [5.41, 5.74) is 1.87. The highest BCUT2D eigenvalue weighted by atomic mass is 16.6. The van der Waals surface area contributed by atoms with Crippen LogP contribution in [0.25, 0.3) is 0 Å². The van der Waals surface area contributed by atoms with Crippen molar-refractivity contribution in [1.82, 2.24) is 14.9 Å². The van der Waals surface area contributed by atoms with E-state index in [1.54, 1.807) is 6.33 Å². The van der Waals surface area contributed by atoms with Crippen LogP contribution in [0.4, 0.5) is 0 Å². The minimum absolute atomic E-state index is 0.0552. The summed E-state index contributed by atoms with van der Waals surface area (Å²) in [5, 5.41) is 0. The molecule has 2 aromatic rings. The van der Waals surface area contributed by atoms with Crippen LogP contribution < -0.4 is 9.47 Å². The standard InChI is InChI=1S/C18H23N3O3/c1-3-4-9-21(10-14-13(2)19-12-20-14)18(22)17-11-23-15-7-5-6-8-16(15)24-17/h5-8,12,17H,3-4,9-11H2,1-2H3,(H,19,20)/t17-/m0/s1. The van der Waals surface area contributed by atoms with Crippen molar-refractivity contribution in [3.63, 3.8) is 0 Å². The number of aryl methyl sites for hydroxylation is 1. The number of rotatable bonds is 6. The number of nitrogens with one attached hydrogen (secondary N) is 1. The highest BCUT2D eigenvalue weighted by Crippen LogP contribution is 2.31. The summed E-state index contributed by atoms with van der Waals surface area (Å²) in [4.78, 5) is 22.1. The lowest BCUT2D eigenvalue weighted by molar-refractivity contribution is -0.142. The van der Waals surface area contributed by atoms with E-state index in [1.165, 1.54) is 0 Å². The molecule has 1 aromatic heterocycles. The van der Waals surface area contributed by atoms with Crippen LogP contribution in [0.2, 0.25) is 0 Å². The molecule has 0 saturated heterocycles. The minimum Gasteiger partial charge on any atom is -0.485 e. The molecule has 0 spiro atoms. The summed E-state index contributed by atoms with van der Waals surface area (Å²) in [6.45, 7) is 5.47. The number of ether oxygens (including phenoxy) is 2. The zero-order valence-corrected chi connectivity index (χ0v) is 14.1. The Hall–Kier alpha value is -2.50. The molecule has 0 saturated carbocycles. The number of unbranched alkanes of at least 4 members (excludes halogenated alkanes) is 1. The quantitative estimate of drug-likeness (QED) is 0.885. The number of H-pyrrole nitrogens is 1. The average Bonchev–Trinajstić information content (AvgIpc) is 3.02. The number of hydrogen-bond donors (Lipinski definition) is 1. The molecule has 1 N–H and O–H groups in total. The molecule has 0 aliphatic carbocycles. The van der Waals surface area contributed by atoms with Gasteiger partial charge in [0, 0.05) is 12.2 Å². The molecule has 3 rings (SSSR count). The lowest BCUT2D eigenvalue weighted by atomic mass is 10.2. The maximum Gasteiger partial charge on any atom is 0.267 e. The van der Waals surface area contributed by atoms with Crippen molar-refractivity contribution in [2.24, 2.45) is 0 Å². The summed E-state index contributed by atoms with van der Waals surface area (Å²) in [6.07, 6.45) is 3.01. The van der Waals surface area contributed by atoms with Crippen LogP contribution in [0.15, 0.2) is 30.6 Å². The fourth-order valence-corrected chi connectivity index (χ4v) is 2.69. The van der Waals surface area contributed by atoms with E-state index in [1.807, 2.05) is 36.1 Å². The molecule has 1 aromatic carbocycles. The number of imidazole rings is 1. The molecule has 6 nitrogen and oxygen atoms in total. The van der Waals surface area contributed by atoms with Crippen LogP contribution in [-0.4, -0.2) is 40.0 Å². The van der Waals surface area contributed by atoms with Crippen LogP contribution in [0.3, 0.4) is 0 Å². The molecular weight excluding hydrogens is 306 g/mol. The SMILES string of the molecule is CCCCN(Cc1nc[nH]c1C)C(=O)[C@@H]1COc2ccccc2O1. The molecule has 6 heteroatoms. The Labute approximate surface area is 141 Å². The summed E-state index contributed by atoms with van der Waals surface area (Å²) in [7, 11) is 0. The normalized spacial score (nSPS) is 16.0. The van der Waals surface area contributed by atoms with Gasteiger partial charge < -0.3 is 19.4 Å². The number of para-hydroxylation sites is 2. The Kier molecular flexibility index (Phi) is 5.03. The lowest BCUT2D eigenvalue weighted by Gasteiger charge is -2.30. The predicted molar refractivity (Wildman–Crippen MR) is 90.0 cm³/mol. The maximum atomic E-state index is 12.9.